The molecule has 166 valence electrons. The second kappa shape index (κ2) is 9.71. The van der Waals surface area contributed by atoms with Crippen molar-refractivity contribution in [3.8, 4) is 6.07 Å². The van der Waals surface area contributed by atoms with Gasteiger partial charge in [0.05, 0.1) is 22.6 Å². The van der Waals surface area contributed by atoms with Gasteiger partial charge in [0, 0.05) is 50.2 Å². The number of benzene rings is 1. The van der Waals surface area contributed by atoms with E-state index in [0.717, 1.165) is 56.1 Å². The lowest BCUT2D eigenvalue weighted by Gasteiger charge is -2.34. The molecule has 0 spiro atoms. The van der Waals surface area contributed by atoms with Gasteiger partial charge in [-0.15, -0.1) is 0 Å². The number of carbonyl (C=O) groups is 1. The Labute approximate surface area is 188 Å². The zero-order valence-electron chi connectivity index (χ0n) is 18.4. The van der Waals surface area contributed by atoms with Gasteiger partial charge in [-0.3, -0.25) is 4.79 Å². The molecule has 0 atom stereocenters. The van der Waals surface area contributed by atoms with Crippen molar-refractivity contribution in [2.75, 3.05) is 54.1 Å². The Bertz CT molecular complexity index is 1030. The number of nitrogens with one attached hydrogen (secondary N) is 3. The van der Waals surface area contributed by atoms with Crippen LogP contribution in [0.3, 0.4) is 0 Å². The highest BCUT2D eigenvalue weighted by Gasteiger charge is 2.19. The molecule has 1 aromatic heterocycles. The minimum absolute atomic E-state index is 0.274. The fourth-order valence-corrected chi connectivity index (χ4v) is 3.83. The molecular formula is C24H29N7O. The molecule has 2 aliphatic rings. The maximum absolute atomic E-state index is 12.1. The van der Waals surface area contributed by atoms with Gasteiger partial charge < -0.3 is 25.8 Å². The van der Waals surface area contributed by atoms with Crippen LogP contribution in [0, 0.1) is 11.3 Å². The highest BCUT2D eigenvalue weighted by atomic mass is 16.1. The first kappa shape index (κ1) is 21.7. The van der Waals surface area contributed by atoms with Gasteiger partial charge in [0.15, 0.2) is 0 Å². The van der Waals surface area contributed by atoms with Crippen LogP contribution in [-0.2, 0) is 4.79 Å². The van der Waals surface area contributed by atoms with Crippen molar-refractivity contribution in [3.63, 3.8) is 0 Å². The van der Waals surface area contributed by atoms with Gasteiger partial charge in [0.2, 0.25) is 5.91 Å². The second-order valence-corrected chi connectivity index (χ2v) is 8.34. The van der Waals surface area contributed by atoms with Gasteiger partial charge in [0.25, 0.3) is 0 Å². The number of nitriles is 1. The summed E-state index contributed by atoms with van der Waals surface area (Å²) in [7, 11) is 2.12. The van der Waals surface area contributed by atoms with Gasteiger partial charge in [-0.1, -0.05) is 6.58 Å². The molecule has 0 unspecified atom stereocenters. The maximum atomic E-state index is 12.1. The molecule has 1 amide bonds. The van der Waals surface area contributed by atoms with E-state index >= 15 is 0 Å². The number of amides is 1. The number of rotatable bonds is 7. The molecule has 2 fully saturated rings. The first-order valence-electron chi connectivity index (χ1n) is 11.0. The van der Waals surface area contributed by atoms with Crippen LogP contribution in [-0.4, -0.2) is 55.1 Å². The van der Waals surface area contributed by atoms with E-state index in [1.54, 1.807) is 6.20 Å². The van der Waals surface area contributed by atoms with E-state index in [-0.39, 0.29) is 5.91 Å². The summed E-state index contributed by atoms with van der Waals surface area (Å²) in [5.41, 5.74) is 3.74. The Morgan fingerprint density at radius 1 is 1.19 bits per heavy atom. The van der Waals surface area contributed by atoms with E-state index in [2.05, 4.69) is 50.4 Å². The summed E-state index contributed by atoms with van der Waals surface area (Å²) < 4.78 is 0. The van der Waals surface area contributed by atoms with Crippen LogP contribution in [0.4, 0.5) is 28.6 Å². The number of anilines is 5. The molecule has 8 heteroatoms. The highest BCUT2D eigenvalue weighted by Crippen LogP contribution is 2.32. The summed E-state index contributed by atoms with van der Waals surface area (Å²) in [5, 5.41) is 19.1. The number of nitrogens with zero attached hydrogens (tertiary/aromatic N) is 4. The van der Waals surface area contributed by atoms with Gasteiger partial charge in [-0.05, 0) is 50.6 Å². The molecule has 2 aromatic rings. The van der Waals surface area contributed by atoms with Crippen LogP contribution in [0.1, 0.15) is 24.8 Å². The van der Waals surface area contributed by atoms with Crippen LogP contribution in [0.2, 0.25) is 0 Å². The zero-order chi connectivity index (χ0) is 22.5. The summed E-state index contributed by atoms with van der Waals surface area (Å²) in [5.74, 6) is 0.330. The van der Waals surface area contributed by atoms with E-state index in [9.17, 15) is 10.1 Å². The van der Waals surface area contributed by atoms with Crippen LogP contribution in [0.25, 0.3) is 0 Å². The van der Waals surface area contributed by atoms with Crippen molar-refractivity contribution in [3.05, 3.63) is 48.7 Å². The van der Waals surface area contributed by atoms with Crippen LogP contribution in [0.5, 0.6) is 0 Å². The molecule has 0 bridgehead atoms. The molecule has 0 radical (unpaired) electrons. The lowest BCUT2D eigenvalue weighted by molar-refractivity contribution is -0.111. The number of hydrogen-bond donors (Lipinski definition) is 3. The van der Waals surface area contributed by atoms with Crippen LogP contribution >= 0.6 is 0 Å². The Hall–Kier alpha value is -3.57. The third-order valence-electron chi connectivity index (χ3n) is 6.07. The van der Waals surface area contributed by atoms with E-state index in [0.29, 0.717) is 23.1 Å². The third kappa shape index (κ3) is 5.01. The fraction of sp³-hybridized carbons (Fsp3) is 0.375. The smallest absolute Gasteiger partial charge is 0.247 e. The molecule has 32 heavy (non-hydrogen) atoms. The Kier molecular flexibility index (Phi) is 6.57. The fourth-order valence-electron chi connectivity index (χ4n) is 3.83. The highest BCUT2D eigenvalue weighted by molar-refractivity contribution is 6.02. The molecule has 1 aliphatic heterocycles. The number of pyridine rings is 1. The molecule has 1 aromatic carbocycles. The minimum atomic E-state index is -0.274. The first-order chi connectivity index (χ1) is 15.6. The van der Waals surface area contributed by atoms with Crippen molar-refractivity contribution >= 4 is 34.5 Å². The van der Waals surface area contributed by atoms with Crippen molar-refractivity contribution in [2.24, 2.45) is 0 Å². The number of hydrogen-bond acceptors (Lipinski definition) is 7. The summed E-state index contributed by atoms with van der Waals surface area (Å²) in [4.78, 5) is 21.1. The standard InChI is InChI=1S/C24H29N7O/c1-3-24(32)29-22-13-19(31-11-9-30(2)10-12-31)7-8-20(22)28-23-14-21(17(15-25)16-26-23)27-18-5-4-6-18/h3,7-8,13-14,16,18H,1,4-6,9-12H2,2H3,(H,29,32)(H2,26,27,28). The van der Waals surface area contributed by atoms with E-state index in [1.807, 2.05) is 24.3 Å². The van der Waals surface area contributed by atoms with Crippen molar-refractivity contribution in [2.45, 2.75) is 25.3 Å². The number of aromatic nitrogens is 1. The lowest BCUT2D eigenvalue weighted by atomic mass is 9.93. The van der Waals surface area contributed by atoms with E-state index in [1.165, 1.54) is 12.5 Å². The van der Waals surface area contributed by atoms with Gasteiger partial charge in [-0.25, -0.2) is 4.98 Å². The first-order valence-corrected chi connectivity index (χ1v) is 11.0. The molecule has 3 N–H and O–H groups in total. The van der Waals surface area contributed by atoms with Gasteiger partial charge in [-0.2, -0.15) is 5.26 Å². The topological polar surface area (TPSA) is 96.3 Å². The normalized spacial score (nSPS) is 16.6. The van der Waals surface area contributed by atoms with Gasteiger partial charge in [0.1, 0.15) is 11.9 Å². The third-order valence-corrected chi connectivity index (χ3v) is 6.07. The van der Waals surface area contributed by atoms with E-state index < -0.39 is 0 Å². The summed E-state index contributed by atoms with van der Waals surface area (Å²) >= 11 is 0. The van der Waals surface area contributed by atoms with Gasteiger partial charge >= 0.3 is 0 Å². The van der Waals surface area contributed by atoms with Crippen LogP contribution < -0.4 is 20.9 Å². The average molecular weight is 432 g/mol. The molecule has 4 rings (SSSR count). The Morgan fingerprint density at radius 2 is 1.97 bits per heavy atom. The quantitative estimate of drug-likeness (QED) is 0.577. The van der Waals surface area contributed by atoms with E-state index in [4.69, 9.17) is 0 Å². The molecule has 1 saturated heterocycles. The molecule has 2 heterocycles. The number of piperazine rings is 1. The average Bonchev–Trinajstić information content (AvgIpc) is 2.78. The van der Waals surface area contributed by atoms with Crippen molar-refractivity contribution in [1.29, 1.82) is 5.26 Å². The lowest BCUT2D eigenvalue weighted by Crippen LogP contribution is -2.44. The predicted molar refractivity (Wildman–Crippen MR) is 128 cm³/mol. The number of likely N-dealkylation sites (N-methyl/N-ethyl adjacent to an activating group) is 1. The second-order valence-electron chi connectivity index (χ2n) is 8.34. The number of carbonyl (C=O) groups excluding carboxylic acids is 1. The molecular weight excluding hydrogens is 402 g/mol. The molecule has 1 aliphatic carbocycles. The minimum Gasteiger partial charge on any atom is -0.381 e. The summed E-state index contributed by atoms with van der Waals surface area (Å²) in [6, 6.07) is 10.4. The maximum Gasteiger partial charge on any atom is 0.247 e. The Balaban J connectivity index is 1.59. The molecule has 8 nitrogen and oxygen atoms in total. The Morgan fingerprint density at radius 3 is 2.62 bits per heavy atom. The summed E-state index contributed by atoms with van der Waals surface area (Å²) in [6.07, 6.45) is 6.27. The van der Waals surface area contributed by atoms with Crippen molar-refractivity contribution in [1.82, 2.24) is 9.88 Å². The largest absolute Gasteiger partial charge is 0.381 e. The SMILES string of the molecule is C=CC(=O)Nc1cc(N2CCN(C)CC2)ccc1Nc1cc(NC2CCC2)c(C#N)cn1. The monoisotopic (exact) mass is 431 g/mol. The van der Waals surface area contributed by atoms with Crippen LogP contribution in [0.15, 0.2) is 43.1 Å². The summed E-state index contributed by atoms with van der Waals surface area (Å²) in [6.45, 7) is 7.44. The zero-order valence-corrected chi connectivity index (χ0v) is 18.4. The predicted octanol–water partition coefficient (Wildman–Crippen LogP) is 3.54. The molecule has 1 saturated carbocycles. The van der Waals surface area contributed by atoms with Crippen molar-refractivity contribution < 1.29 is 4.79 Å².